The highest BCUT2D eigenvalue weighted by Gasteiger charge is 2.25. The van der Waals surface area contributed by atoms with Crippen molar-refractivity contribution in [3.8, 4) is 0 Å². The third kappa shape index (κ3) is 4.31. The number of fused-ring (bicyclic) bond motifs is 1. The fourth-order valence-corrected chi connectivity index (χ4v) is 3.69. The molecule has 0 aliphatic heterocycles. The smallest absolute Gasteiger partial charge is 0.349 e. The lowest BCUT2D eigenvalue weighted by molar-refractivity contribution is -0.127. The number of hydrogen-bond donors (Lipinski definition) is 2. The van der Waals surface area contributed by atoms with Crippen LogP contribution in [-0.2, 0) is 22.4 Å². The van der Waals surface area contributed by atoms with E-state index in [0.717, 1.165) is 25.7 Å². The van der Waals surface area contributed by atoms with Gasteiger partial charge in [-0.05, 0) is 43.7 Å². The Morgan fingerprint density at radius 1 is 1.43 bits per heavy atom. The van der Waals surface area contributed by atoms with Crippen LogP contribution >= 0.6 is 11.3 Å². The normalized spacial score (nSPS) is 17.8. The number of nitrogens with one attached hydrogen (secondary N) is 2. The first-order chi connectivity index (χ1) is 10.9. The molecule has 0 radical (unpaired) electrons. The van der Waals surface area contributed by atoms with Crippen molar-refractivity contribution < 1.29 is 19.1 Å². The van der Waals surface area contributed by atoms with E-state index in [2.05, 4.69) is 17.6 Å². The number of carbonyl (C=O) groups excluding carboxylic acids is 3. The van der Waals surface area contributed by atoms with Gasteiger partial charge in [0.15, 0.2) is 6.10 Å². The Kier molecular flexibility index (Phi) is 5.76. The van der Waals surface area contributed by atoms with Gasteiger partial charge in [0.2, 0.25) is 0 Å². The first-order valence-electron chi connectivity index (χ1n) is 7.79. The zero-order valence-electron chi connectivity index (χ0n) is 13.6. The number of imide groups is 1. The first-order valence-corrected chi connectivity index (χ1v) is 8.61. The Hall–Kier alpha value is -1.89. The number of ether oxygens (including phenoxy) is 1. The van der Waals surface area contributed by atoms with Gasteiger partial charge in [-0.1, -0.05) is 13.3 Å². The van der Waals surface area contributed by atoms with Gasteiger partial charge in [-0.25, -0.2) is 9.59 Å². The third-order valence-corrected chi connectivity index (χ3v) is 5.30. The molecule has 2 N–H and O–H groups in total. The fraction of sp³-hybridized carbons (Fsp3) is 0.562. The highest BCUT2D eigenvalue weighted by molar-refractivity contribution is 7.14. The van der Waals surface area contributed by atoms with Crippen molar-refractivity contribution in [1.29, 1.82) is 0 Å². The molecule has 126 valence electrons. The topological polar surface area (TPSA) is 84.5 Å². The van der Waals surface area contributed by atoms with Crippen molar-refractivity contribution in [2.75, 3.05) is 7.05 Å². The van der Waals surface area contributed by atoms with Gasteiger partial charge in [0.25, 0.3) is 5.91 Å². The molecule has 0 aromatic carbocycles. The van der Waals surface area contributed by atoms with E-state index in [0.29, 0.717) is 10.8 Å². The molecular weight excluding hydrogens is 316 g/mol. The number of amides is 3. The van der Waals surface area contributed by atoms with E-state index < -0.39 is 24.0 Å². The van der Waals surface area contributed by atoms with E-state index >= 15 is 0 Å². The summed E-state index contributed by atoms with van der Waals surface area (Å²) in [5.41, 5.74) is 1.22. The zero-order chi connectivity index (χ0) is 17.0. The molecule has 2 rings (SSSR count). The quantitative estimate of drug-likeness (QED) is 0.825. The predicted octanol–water partition coefficient (Wildman–Crippen LogP) is 2.26. The van der Waals surface area contributed by atoms with Crippen LogP contribution in [0.25, 0.3) is 0 Å². The Balaban J connectivity index is 1.97. The number of thiophene rings is 1. The van der Waals surface area contributed by atoms with E-state index in [-0.39, 0.29) is 0 Å². The minimum atomic E-state index is -1.03. The van der Waals surface area contributed by atoms with Crippen molar-refractivity contribution in [3.05, 3.63) is 21.4 Å². The maximum absolute atomic E-state index is 12.2. The third-order valence-electron chi connectivity index (χ3n) is 4.08. The van der Waals surface area contributed by atoms with E-state index in [1.54, 1.807) is 0 Å². The van der Waals surface area contributed by atoms with Crippen LogP contribution in [0.2, 0.25) is 0 Å². The van der Waals surface area contributed by atoms with Crippen LogP contribution in [-0.4, -0.2) is 31.1 Å². The monoisotopic (exact) mass is 338 g/mol. The average Bonchev–Trinajstić information content (AvgIpc) is 2.97. The molecule has 0 unspecified atom stereocenters. The Morgan fingerprint density at radius 2 is 2.17 bits per heavy atom. The molecule has 0 fully saturated rings. The van der Waals surface area contributed by atoms with Crippen LogP contribution in [0.4, 0.5) is 4.79 Å². The largest absolute Gasteiger partial charge is 0.448 e. The van der Waals surface area contributed by atoms with Crippen LogP contribution in [0, 0.1) is 5.92 Å². The molecule has 1 aliphatic carbocycles. The lowest BCUT2D eigenvalue weighted by Gasteiger charge is -2.19. The molecule has 1 aliphatic rings. The predicted molar refractivity (Wildman–Crippen MR) is 87.6 cm³/mol. The van der Waals surface area contributed by atoms with E-state index in [4.69, 9.17) is 4.74 Å². The summed E-state index contributed by atoms with van der Waals surface area (Å²) >= 11 is 1.44. The van der Waals surface area contributed by atoms with Crippen LogP contribution < -0.4 is 10.6 Å². The van der Waals surface area contributed by atoms with Crippen molar-refractivity contribution in [3.63, 3.8) is 0 Å². The zero-order valence-corrected chi connectivity index (χ0v) is 14.4. The number of carbonyl (C=O) groups is 3. The van der Waals surface area contributed by atoms with Crippen LogP contribution in [0.1, 0.15) is 46.8 Å². The maximum Gasteiger partial charge on any atom is 0.349 e. The SMILES string of the molecule is CC[C@@H]1CCc2sc(C(=O)O[C@@H](C)C(=O)NC(=O)NC)cc2C1. The Morgan fingerprint density at radius 3 is 2.83 bits per heavy atom. The van der Waals surface area contributed by atoms with Crippen LogP contribution in [0.15, 0.2) is 6.07 Å². The van der Waals surface area contributed by atoms with Crippen molar-refractivity contribution in [2.24, 2.45) is 5.92 Å². The lowest BCUT2D eigenvalue weighted by atomic mass is 9.87. The summed E-state index contributed by atoms with van der Waals surface area (Å²) in [6, 6.07) is 1.25. The minimum Gasteiger partial charge on any atom is -0.448 e. The molecule has 1 aromatic heterocycles. The molecular formula is C16H22N2O4S. The van der Waals surface area contributed by atoms with Gasteiger partial charge in [0.1, 0.15) is 4.88 Å². The summed E-state index contributed by atoms with van der Waals surface area (Å²) in [4.78, 5) is 36.8. The fourth-order valence-electron chi connectivity index (χ4n) is 2.60. The molecule has 0 saturated heterocycles. The van der Waals surface area contributed by atoms with Gasteiger partial charge in [0.05, 0.1) is 0 Å². The van der Waals surface area contributed by atoms with Crippen molar-refractivity contribution in [1.82, 2.24) is 10.6 Å². The van der Waals surface area contributed by atoms with Gasteiger partial charge >= 0.3 is 12.0 Å². The number of rotatable bonds is 4. The number of urea groups is 1. The van der Waals surface area contributed by atoms with Crippen LogP contribution in [0.3, 0.4) is 0 Å². The van der Waals surface area contributed by atoms with Gasteiger partial charge in [0, 0.05) is 11.9 Å². The standard InChI is InChI=1S/C16H22N2O4S/c1-4-10-5-6-12-11(7-10)8-13(23-12)15(20)22-9(2)14(19)18-16(21)17-3/h8-10H,4-7H2,1-3H3,(H2,17,18,19,21)/t9-,10+/m0/s1. The first kappa shape index (κ1) is 17.5. The molecule has 23 heavy (non-hydrogen) atoms. The second-order valence-corrected chi connectivity index (χ2v) is 6.83. The molecule has 0 bridgehead atoms. The minimum absolute atomic E-state index is 0.517. The Labute approximate surface area is 139 Å². The Bertz CT molecular complexity index is 611. The number of esters is 1. The van der Waals surface area contributed by atoms with Gasteiger partial charge in [-0.2, -0.15) is 0 Å². The second kappa shape index (κ2) is 7.59. The summed E-state index contributed by atoms with van der Waals surface area (Å²) in [5.74, 6) is -0.486. The molecule has 0 spiro atoms. The summed E-state index contributed by atoms with van der Waals surface area (Å²) in [6.07, 6.45) is 3.28. The van der Waals surface area contributed by atoms with Crippen molar-refractivity contribution in [2.45, 2.75) is 45.6 Å². The van der Waals surface area contributed by atoms with Gasteiger partial charge in [-0.15, -0.1) is 11.3 Å². The summed E-state index contributed by atoms with van der Waals surface area (Å²) < 4.78 is 5.15. The molecule has 7 heteroatoms. The van der Waals surface area contributed by atoms with Crippen molar-refractivity contribution >= 4 is 29.2 Å². The molecule has 6 nitrogen and oxygen atoms in total. The number of aryl methyl sites for hydroxylation is 1. The lowest BCUT2D eigenvalue weighted by Crippen LogP contribution is -2.43. The highest BCUT2D eigenvalue weighted by atomic mass is 32.1. The highest BCUT2D eigenvalue weighted by Crippen LogP contribution is 2.33. The average molecular weight is 338 g/mol. The number of hydrogen-bond acceptors (Lipinski definition) is 5. The summed E-state index contributed by atoms with van der Waals surface area (Å²) in [6.45, 7) is 3.63. The van der Waals surface area contributed by atoms with Gasteiger partial charge in [-0.3, -0.25) is 10.1 Å². The van der Waals surface area contributed by atoms with E-state index in [1.807, 2.05) is 6.07 Å². The summed E-state index contributed by atoms with van der Waals surface area (Å²) in [7, 11) is 1.40. The van der Waals surface area contributed by atoms with E-state index in [1.165, 1.54) is 35.7 Å². The molecule has 3 amide bonds. The molecule has 0 saturated carbocycles. The summed E-state index contributed by atoms with van der Waals surface area (Å²) in [5, 5.41) is 4.35. The van der Waals surface area contributed by atoms with Gasteiger partial charge < -0.3 is 10.1 Å². The molecule has 1 heterocycles. The van der Waals surface area contributed by atoms with Crippen LogP contribution in [0.5, 0.6) is 0 Å². The second-order valence-electron chi connectivity index (χ2n) is 5.69. The molecule has 2 atom stereocenters. The van der Waals surface area contributed by atoms with E-state index in [9.17, 15) is 14.4 Å². The molecule has 1 aromatic rings. The maximum atomic E-state index is 12.2.